The summed E-state index contributed by atoms with van der Waals surface area (Å²) in [6.07, 6.45) is 0. The molecule has 0 saturated heterocycles. The van der Waals surface area contributed by atoms with E-state index >= 15 is 0 Å². The van der Waals surface area contributed by atoms with Crippen LogP contribution in [0, 0.1) is 5.82 Å². The largest absolute Gasteiger partial charge is 0.508 e. The minimum absolute atomic E-state index is 0.0919. The van der Waals surface area contributed by atoms with E-state index in [1.54, 1.807) is 6.07 Å². The summed E-state index contributed by atoms with van der Waals surface area (Å²) in [6.45, 7) is 0. The van der Waals surface area contributed by atoms with Crippen LogP contribution < -0.4 is 4.90 Å². The van der Waals surface area contributed by atoms with E-state index in [1.807, 2.05) is 0 Å². The number of nitrogens with zero attached hydrogens (tertiary/aromatic N) is 1. The van der Waals surface area contributed by atoms with Crippen LogP contribution in [0.2, 0.25) is 0 Å². The van der Waals surface area contributed by atoms with Gasteiger partial charge in [0.15, 0.2) is 0 Å². The van der Waals surface area contributed by atoms with E-state index in [-0.39, 0.29) is 22.7 Å². The molecule has 0 aliphatic heterocycles. The minimum atomic E-state index is -0.612. The Balaban J connectivity index is 2.39. The lowest BCUT2D eigenvalue weighted by Gasteiger charge is -2.18. The number of hydrogen-bond acceptors (Lipinski definition) is 3. The average molecular weight is 261 g/mol. The third-order valence-electron chi connectivity index (χ3n) is 2.73. The molecule has 2 rings (SSSR count). The Morgan fingerprint density at radius 2 is 1.84 bits per heavy atom. The van der Waals surface area contributed by atoms with Crippen LogP contribution in [-0.4, -0.2) is 23.2 Å². The Labute approximate surface area is 109 Å². The van der Waals surface area contributed by atoms with Crippen LogP contribution in [0.1, 0.15) is 10.4 Å². The van der Waals surface area contributed by atoms with Crippen LogP contribution >= 0.6 is 0 Å². The van der Waals surface area contributed by atoms with Crippen molar-refractivity contribution in [3.63, 3.8) is 0 Å². The van der Waals surface area contributed by atoms with E-state index in [1.165, 1.54) is 37.4 Å². The summed E-state index contributed by atoms with van der Waals surface area (Å²) in [7, 11) is 1.39. The molecule has 2 N–H and O–H groups in total. The molecule has 0 aliphatic rings. The maximum absolute atomic E-state index is 13.6. The predicted octanol–water partition coefficient (Wildman–Crippen LogP) is 2.51. The monoisotopic (exact) mass is 261 g/mol. The van der Waals surface area contributed by atoms with Crippen LogP contribution in [0.15, 0.2) is 42.5 Å². The number of benzene rings is 2. The fourth-order valence-corrected chi connectivity index (χ4v) is 1.71. The lowest BCUT2D eigenvalue weighted by atomic mass is 10.1. The Morgan fingerprint density at radius 3 is 2.53 bits per heavy atom. The van der Waals surface area contributed by atoms with Crippen molar-refractivity contribution in [3.8, 4) is 11.5 Å². The number of phenols is 2. The highest BCUT2D eigenvalue weighted by molar-refractivity contribution is 6.07. The third kappa shape index (κ3) is 2.49. The van der Waals surface area contributed by atoms with Gasteiger partial charge in [0, 0.05) is 7.05 Å². The van der Waals surface area contributed by atoms with Crippen molar-refractivity contribution in [2.75, 3.05) is 11.9 Å². The van der Waals surface area contributed by atoms with Crippen LogP contribution in [-0.2, 0) is 0 Å². The van der Waals surface area contributed by atoms with Crippen LogP contribution in [0.3, 0.4) is 0 Å². The smallest absolute Gasteiger partial charge is 0.261 e. The molecule has 19 heavy (non-hydrogen) atoms. The van der Waals surface area contributed by atoms with Crippen molar-refractivity contribution >= 4 is 11.6 Å². The highest BCUT2D eigenvalue weighted by atomic mass is 19.1. The normalized spacial score (nSPS) is 10.2. The Bertz CT molecular complexity index is 628. The highest BCUT2D eigenvalue weighted by Crippen LogP contribution is 2.26. The molecule has 98 valence electrons. The number of halogens is 1. The van der Waals surface area contributed by atoms with Crippen LogP contribution in [0.25, 0.3) is 0 Å². The molecule has 0 spiro atoms. The van der Waals surface area contributed by atoms with E-state index in [0.29, 0.717) is 0 Å². The summed E-state index contributed by atoms with van der Waals surface area (Å²) in [6, 6.07) is 9.41. The second-order valence-electron chi connectivity index (χ2n) is 4.02. The van der Waals surface area contributed by atoms with Gasteiger partial charge in [0.25, 0.3) is 5.91 Å². The third-order valence-corrected chi connectivity index (χ3v) is 2.73. The molecule has 2 aromatic carbocycles. The molecular formula is C14H12FNO3. The zero-order valence-electron chi connectivity index (χ0n) is 10.2. The van der Waals surface area contributed by atoms with Gasteiger partial charge in [0.1, 0.15) is 17.3 Å². The summed E-state index contributed by atoms with van der Waals surface area (Å²) >= 11 is 0. The highest BCUT2D eigenvalue weighted by Gasteiger charge is 2.19. The fourth-order valence-electron chi connectivity index (χ4n) is 1.71. The first-order valence-electron chi connectivity index (χ1n) is 5.55. The number of phenolic OH excluding ortho intramolecular Hbond substituents is 2. The summed E-state index contributed by atoms with van der Waals surface area (Å²) in [5, 5.41) is 19.0. The number of carbonyl (C=O) groups is 1. The molecule has 2 aromatic rings. The van der Waals surface area contributed by atoms with Gasteiger partial charge < -0.3 is 15.1 Å². The molecular weight excluding hydrogens is 249 g/mol. The van der Waals surface area contributed by atoms with Crippen molar-refractivity contribution in [1.29, 1.82) is 0 Å². The average Bonchev–Trinajstić information content (AvgIpc) is 2.40. The van der Waals surface area contributed by atoms with Crippen molar-refractivity contribution in [1.82, 2.24) is 0 Å². The van der Waals surface area contributed by atoms with Gasteiger partial charge in [0.05, 0.1) is 11.3 Å². The summed E-state index contributed by atoms with van der Waals surface area (Å²) in [5.41, 5.74) is 0.000922. The van der Waals surface area contributed by atoms with E-state index in [2.05, 4.69) is 0 Å². The molecule has 4 nitrogen and oxygen atoms in total. The number of hydrogen-bond donors (Lipinski definition) is 2. The lowest BCUT2D eigenvalue weighted by Crippen LogP contribution is -2.27. The quantitative estimate of drug-likeness (QED) is 0.816. The first kappa shape index (κ1) is 12.9. The van der Waals surface area contributed by atoms with Gasteiger partial charge in [-0.2, -0.15) is 0 Å². The van der Waals surface area contributed by atoms with Gasteiger partial charge in [-0.3, -0.25) is 4.79 Å². The summed E-state index contributed by atoms with van der Waals surface area (Å²) in [5.74, 6) is -1.58. The van der Waals surface area contributed by atoms with Gasteiger partial charge in [-0.05, 0) is 30.3 Å². The molecule has 0 atom stereocenters. The summed E-state index contributed by atoms with van der Waals surface area (Å²) in [4.78, 5) is 13.2. The first-order chi connectivity index (χ1) is 9.00. The lowest BCUT2D eigenvalue weighted by molar-refractivity contribution is 0.0989. The zero-order chi connectivity index (χ0) is 14.0. The number of carbonyl (C=O) groups excluding carboxylic acids is 1. The SMILES string of the molecule is CN(C(=O)c1cc(O)ccc1O)c1ccccc1F. The second-order valence-corrected chi connectivity index (χ2v) is 4.02. The van der Waals surface area contributed by atoms with E-state index < -0.39 is 11.7 Å². The van der Waals surface area contributed by atoms with E-state index in [9.17, 15) is 19.4 Å². The van der Waals surface area contributed by atoms with Gasteiger partial charge >= 0.3 is 0 Å². The predicted molar refractivity (Wildman–Crippen MR) is 68.9 cm³/mol. The number of anilines is 1. The zero-order valence-corrected chi connectivity index (χ0v) is 10.2. The Morgan fingerprint density at radius 1 is 1.16 bits per heavy atom. The second kappa shape index (κ2) is 4.97. The van der Waals surface area contributed by atoms with Gasteiger partial charge in [-0.25, -0.2) is 4.39 Å². The Kier molecular flexibility index (Phi) is 3.37. The summed E-state index contributed by atoms with van der Waals surface area (Å²) < 4.78 is 13.6. The van der Waals surface area contributed by atoms with Gasteiger partial charge in [0.2, 0.25) is 0 Å². The minimum Gasteiger partial charge on any atom is -0.508 e. The van der Waals surface area contributed by atoms with Gasteiger partial charge in [-0.15, -0.1) is 0 Å². The molecule has 0 heterocycles. The Hall–Kier alpha value is -2.56. The van der Waals surface area contributed by atoms with Crippen LogP contribution in [0.5, 0.6) is 11.5 Å². The molecule has 0 radical (unpaired) electrons. The standard InChI is InChI=1S/C14H12FNO3/c1-16(12-5-3-2-4-11(12)15)14(19)10-8-9(17)6-7-13(10)18/h2-8,17-18H,1H3. The van der Waals surface area contributed by atoms with Crippen molar-refractivity contribution in [2.45, 2.75) is 0 Å². The van der Waals surface area contributed by atoms with Crippen molar-refractivity contribution < 1.29 is 19.4 Å². The molecule has 5 heteroatoms. The number of aromatic hydroxyl groups is 2. The van der Waals surface area contributed by atoms with Crippen LogP contribution in [0.4, 0.5) is 10.1 Å². The maximum atomic E-state index is 13.6. The van der Waals surface area contributed by atoms with E-state index in [0.717, 1.165) is 11.0 Å². The molecule has 0 aromatic heterocycles. The van der Waals surface area contributed by atoms with Crippen molar-refractivity contribution in [2.24, 2.45) is 0 Å². The van der Waals surface area contributed by atoms with Crippen molar-refractivity contribution in [3.05, 3.63) is 53.8 Å². The first-order valence-corrected chi connectivity index (χ1v) is 5.55. The molecule has 0 unspecified atom stereocenters. The number of amides is 1. The van der Waals surface area contributed by atoms with Gasteiger partial charge in [-0.1, -0.05) is 12.1 Å². The molecule has 0 bridgehead atoms. The number of para-hydroxylation sites is 1. The fraction of sp³-hybridized carbons (Fsp3) is 0.0714. The molecule has 0 aliphatic carbocycles. The molecule has 0 saturated carbocycles. The molecule has 0 fully saturated rings. The van der Waals surface area contributed by atoms with E-state index in [4.69, 9.17) is 0 Å². The maximum Gasteiger partial charge on any atom is 0.261 e. The number of rotatable bonds is 2. The molecule has 1 amide bonds. The topological polar surface area (TPSA) is 60.8 Å².